The molecule has 0 radical (unpaired) electrons. The van der Waals surface area contributed by atoms with E-state index in [9.17, 15) is 14.7 Å². The fourth-order valence-corrected chi connectivity index (χ4v) is 3.98. The van der Waals surface area contributed by atoms with Crippen LogP contribution in [0.1, 0.15) is 46.4 Å². The number of anilines is 1. The second-order valence-electron chi connectivity index (χ2n) is 7.69. The average molecular weight is 394 g/mol. The van der Waals surface area contributed by atoms with Crippen LogP contribution >= 0.6 is 11.3 Å². The Bertz CT molecular complexity index is 999. The summed E-state index contributed by atoms with van der Waals surface area (Å²) in [6.45, 7) is 6.35. The number of carboxylic acids is 1. The van der Waals surface area contributed by atoms with Crippen LogP contribution in [0.5, 0.6) is 0 Å². The van der Waals surface area contributed by atoms with E-state index < -0.39 is 5.97 Å². The molecule has 2 aromatic carbocycles. The zero-order valence-corrected chi connectivity index (χ0v) is 17.2. The van der Waals surface area contributed by atoms with Crippen molar-refractivity contribution in [2.24, 2.45) is 0 Å². The number of carbonyl (C=O) groups is 2. The standard InChI is InChI=1S/C23H23NO3S/c1-23(2,3)17-12-10-16(11-13-17)21(25)24(4)18-14-19(28-20(18)22(26)27)15-8-6-5-7-9-15/h5-14H,1-4H3,(H,26,27). The summed E-state index contributed by atoms with van der Waals surface area (Å²) >= 11 is 1.17. The molecule has 0 saturated carbocycles. The van der Waals surface area contributed by atoms with E-state index in [0.717, 1.165) is 16.0 Å². The lowest BCUT2D eigenvalue weighted by atomic mass is 9.86. The third-order valence-electron chi connectivity index (χ3n) is 4.63. The molecule has 0 aliphatic carbocycles. The number of aromatic carboxylic acids is 1. The maximum atomic E-state index is 13.0. The highest BCUT2D eigenvalue weighted by atomic mass is 32.1. The summed E-state index contributed by atoms with van der Waals surface area (Å²) in [5.74, 6) is -1.27. The minimum absolute atomic E-state index is 0.00188. The van der Waals surface area contributed by atoms with Gasteiger partial charge < -0.3 is 10.0 Å². The van der Waals surface area contributed by atoms with Crippen molar-refractivity contribution in [1.82, 2.24) is 0 Å². The largest absolute Gasteiger partial charge is 0.477 e. The Hall–Kier alpha value is -2.92. The Kier molecular flexibility index (Phi) is 5.38. The average Bonchev–Trinajstić information content (AvgIpc) is 3.13. The van der Waals surface area contributed by atoms with Crippen molar-refractivity contribution in [3.63, 3.8) is 0 Å². The van der Waals surface area contributed by atoms with Gasteiger partial charge in [0.15, 0.2) is 0 Å². The van der Waals surface area contributed by atoms with Gasteiger partial charge in [-0.3, -0.25) is 4.79 Å². The van der Waals surface area contributed by atoms with E-state index in [1.807, 2.05) is 42.5 Å². The predicted octanol–water partition coefficient (Wildman–Crippen LogP) is 5.69. The number of hydrogen-bond acceptors (Lipinski definition) is 3. The van der Waals surface area contributed by atoms with Crippen LogP contribution in [0.4, 0.5) is 5.69 Å². The summed E-state index contributed by atoms with van der Waals surface area (Å²) in [5, 5.41) is 9.63. The van der Waals surface area contributed by atoms with Gasteiger partial charge in [-0.25, -0.2) is 4.79 Å². The van der Waals surface area contributed by atoms with Crippen molar-refractivity contribution in [2.75, 3.05) is 11.9 Å². The van der Waals surface area contributed by atoms with Gasteiger partial charge in [0.2, 0.25) is 0 Å². The monoisotopic (exact) mass is 393 g/mol. The second kappa shape index (κ2) is 7.60. The molecule has 1 aromatic heterocycles. The van der Waals surface area contributed by atoms with Gasteiger partial charge in [-0.1, -0.05) is 63.2 Å². The fourth-order valence-electron chi connectivity index (χ4n) is 2.94. The molecule has 0 atom stereocenters. The van der Waals surface area contributed by atoms with Crippen LogP contribution in [0.3, 0.4) is 0 Å². The van der Waals surface area contributed by atoms with Crippen molar-refractivity contribution in [2.45, 2.75) is 26.2 Å². The lowest BCUT2D eigenvalue weighted by Gasteiger charge is -2.20. The molecule has 0 aliphatic rings. The molecular formula is C23H23NO3S. The van der Waals surface area contributed by atoms with E-state index in [1.54, 1.807) is 25.2 Å². The van der Waals surface area contributed by atoms with Gasteiger partial charge in [0, 0.05) is 17.5 Å². The van der Waals surface area contributed by atoms with E-state index >= 15 is 0 Å². The molecule has 3 rings (SSSR count). The molecule has 5 heteroatoms. The van der Waals surface area contributed by atoms with Crippen molar-refractivity contribution in [3.05, 3.63) is 76.7 Å². The van der Waals surface area contributed by atoms with E-state index in [2.05, 4.69) is 20.8 Å². The van der Waals surface area contributed by atoms with Gasteiger partial charge in [0.1, 0.15) is 4.88 Å². The number of benzene rings is 2. The van der Waals surface area contributed by atoms with Crippen LogP contribution in [0.25, 0.3) is 10.4 Å². The third kappa shape index (κ3) is 3.99. The molecule has 0 bridgehead atoms. The van der Waals surface area contributed by atoms with Gasteiger partial charge in [0.05, 0.1) is 5.69 Å². The first-order valence-corrected chi connectivity index (χ1v) is 9.81. The molecule has 1 N–H and O–H groups in total. The molecular weight excluding hydrogens is 370 g/mol. The van der Waals surface area contributed by atoms with Crippen LogP contribution in [0.2, 0.25) is 0 Å². The molecule has 0 saturated heterocycles. The highest BCUT2D eigenvalue weighted by molar-refractivity contribution is 7.18. The van der Waals surface area contributed by atoms with E-state index in [1.165, 1.54) is 16.2 Å². The zero-order chi connectivity index (χ0) is 20.5. The first-order valence-electron chi connectivity index (χ1n) is 8.99. The molecule has 1 amide bonds. The summed E-state index contributed by atoms with van der Waals surface area (Å²) in [7, 11) is 1.61. The molecule has 3 aromatic rings. The lowest BCUT2D eigenvalue weighted by molar-refractivity contribution is 0.0703. The predicted molar refractivity (Wildman–Crippen MR) is 115 cm³/mol. The minimum Gasteiger partial charge on any atom is -0.477 e. The Morgan fingerprint density at radius 2 is 1.57 bits per heavy atom. The first-order chi connectivity index (χ1) is 13.2. The summed E-state index contributed by atoms with van der Waals surface area (Å²) < 4.78 is 0. The molecule has 0 spiro atoms. The van der Waals surface area contributed by atoms with Crippen LogP contribution in [-0.2, 0) is 5.41 Å². The molecule has 4 nitrogen and oxygen atoms in total. The third-order valence-corrected chi connectivity index (χ3v) is 5.79. The summed E-state index contributed by atoms with van der Waals surface area (Å²) in [6, 6.07) is 18.8. The number of thiophene rings is 1. The van der Waals surface area contributed by atoms with E-state index in [0.29, 0.717) is 11.3 Å². The van der Waals surface area contributed by atoms with Gasteiger partial charge in [-0.15, -0.1) is 11.3 Å². The normalized spacial score (nSPS) is 11.3. The van der Waals surface area contributed by atoms with Gasteiger partial charge in [0.25, 0.3) is 5.91 Å². The first kappa shape index (κ1) is 19.8. The van der Waals surface area contributed by atoms with Gasteiger partial charge >= 0.3 is 5.97 Å². The molecule has 144 valence electrons. The van der Waals surface area contributed by atoms with Crippen LogP contribution in [0.15, 0.2) is 60.7 Å². The minimum atomic E-state index is -1.04. The van der Waals surface area contributed by atoms with Crippen molar-refractivity contribution < 1.29 is 14.7 Å². The van der Waals surface area contributed by atoms with Crippen LogP contribution in [-0.4, -0.2) is 24.0 Å². The Labute approximate surface area is 169 Å². The number of amides is 1. The summed E-state index contributed by atoms with van der Waals surface area (Å²) in [6.07, 6.45) is 0. The Morgan fingerprint density at radius 1 is 0.964 bits per heavy atom. The number of hydrogen-bond donors (Lipinski definition) is 1. The lowest BCUT2D eigenvalue weighted by Crippen LogP contribution is -2.27. The quantitative estimate of drug-likeness (QED) is 0.620. The van der Waals surface area contributed by atoms with E-state index in [-0.39, 0.29) is 16.2 Å². The maximum Gasteiger partial charge on any atom is 0.348 e. The smallest absolute Gasteiger partial charge is 0.348 e. The van der Waals surface area contributed by atoms with Crippen LogP contribution < -0.4 is 4.90 Å². The van der Waals surface area contributed by atoms with Crippen molar-refractivity contribution in [1.29, 1.82) is 0 Å². The van der Waals surface area contributed by atoms with Gasteiger partial charge in [-0.2, -0.15) is 0 Å². The summed E-state index contributed by atoms with van der Waals surface area (Å²) in [4.78, 5) is 27.1. The van der Waals surface area contributed by atoms with E-state index in [4.69, 9.17) is 0 Å². The maximum absolute atomic E-state index is 13.0. The second-order valence-corrected chi connectivity index (χ2v) is 8.74. The topological polar surface area (TPSA) is 57.6 Å². The fraction of sp³-hybridized carbons (Fsp3) is 0.217. The molecule has 0 aliphatic heterocycles. The highest BCUT2D eigenvalue weighted by Gasteiger charge is 2.24. The summed E-state index contributed by atoms with van der Waals surface area (Å²) in [5.41, 5.74) is 3.00. The highest BCUT2D eigenvalue weighted by Crippen LogP contribution is 2.37. The number of rotatable bonds is 4. The molecule has 0 unspecified atom stereocenters. The zero-order valence-electron chi connectivity index (χ0n) is 16.4. The van der Waals surface area contributed by atoms with Gasteiger partial charge in [-0.05, 0) is 34.7 Å². The number of carboxylic acid groups (broad SMARTS) is 1. The Balaban J connectivity index is 1.95. The number of nitrogens with zero attached hydrogens (tertiary/aromatic N) is 1. The van der Waals surface area contributed by atoms with Crippen LogP contribution in [0, 0.1) is 0 Å². The molecule has 28 heavy (non-hydrogen) atoms. The Morgan fingerprint density at radius 3 is 2.11 bits per heavy atom. The molecule has 1 heterocycles. The van der Waals surface area contributed by atoms with Crippen molar-refractivity contribution >= 4 is 28.9 Å². The number of carbonyl (C=O) groups excluding carboxylic acids is 1. The SMILES string of the molecule is CN(C(=O)c1ccc(C(C)(C)C)cc1)c1cc(-c2ccccc2)sc1C(=O)O. The molecule has 0 fully saturated rings. The van der Waals surface area contributed by atoms with Crippen molar-refractivity contribution in [3.8, 4) is 10.4 Å².